The molecule has 1 fully saturated rings. The van der Waals surface area contributed by atoms with Gasteiger partial charge in [0.25, 0.3) is 0 Å². The lowest BCUT2D eigenvalue weighted by Crippen LogP contribution is -2.19. The highest BCUT2D eigenvalue weighted by atomic mass is 15.1. The van der Waals surface area contributed by atoms with E-state index in [4.69, 9.17) is 0 Å². The lowest BCUT2D eigenvalue weighted by Gasteiger charge is -2.25. The van der Waals surface area contributed by atoms with Gasteiger partial charge in [-0.15, -0.1) is 0 Å². The van der Waals surface area contributed by atoms with Gasteiger partial charge in [-0.2, -0.15) is 0 Å². The Balaban J connectivity index is 2.01. The monoisotopic (exact) mass is 262 g/mol. The molecule has 1 aromatic heterocycles. The van der Waals surface area contributed by atoms with Gasteiger partial charge in [0.15, 0.2) is 0 Å². The topological polar surface area (TPSA) is 49.8 Å². The van der Waals surface area contributed by atoms with Crippen molar-refractivity contribution in [2.24, 2.45) is 5.92 Å². The third-order valence-corrected chi connectivity index (χ3v) is 3.74. The first-order chi connectivity index (χ1) is 8.99. The molecule has 1 aliphatic carbocycles. The summed E-state index contributed by atoms with van der Waals surface area (Å²) in [6, 6.07) is 1.98. The molecule has 0 saturated heterocycles. The maximum atomic E-state index is 4.63. The van der Waals surface area contributed by atoms with E-state index in [9.17, 15) is 0 Å². The van der Waals surface area contributed by atoms with Crippen LogP contribution in [0, 0.1) is 5.92 Å². The van der Waals surface area contributed by atoms with Crippen molar-refractivity contribution in [1.29, 1.82) is 0 Å². The van der Waals surface area contributed by atoms with E-state index in [1.165, 1.54) is 25.7 Å². The third kappa shape index (κ3) is 3.82. The number of aromatic nitrogens is 2. The van der Waals surface area contributed by atoms with Crippen LogP contribution in [0.4, 0.5) is 11.6 Å². The Kier molecular flexibility index (Phi) is 4.27. The lowest BCUT2D eigenvalue weighted by atomic mass is 9.83. The molecule has 0 aliphatic heterocycles. The van der Waals surface area contributed by atoms with Crippen LogP contribution in [-0.2, 0) is 5.41 Å². The maximum absolute atomic E-state index is 4.63. The van der Waals surface area contributed by atoms with E-state index < -0.39 is 0 Å². The Labute approximate surface area is 116 Å². The zero-order valence-electron chi connectivity index (χ0n) is 12.6. The SMILES string of the molecule is CNc1cc(NCCC2CCC2)nc(C(C)(C)C)n1. The van der Waals surface area contributed by atoms with E-state index in [0.717, 1.165) is 29.9 Å². The zero-order chi connectivity index (χ0) is 13.9. The van der Waals surface area contributed by atoms with Crippen LogP contribution in [0.5, 0.6) is 0 Å². The van der Waals surface area contributed by atoms with Crippen LogP contribution in [0.25, 0.3) is 0 Å². The standard InChI is InChI=1S/C15H26N4/c1-15(2,3)14-18-12(16-4)10-13(19-14)17-9-8-11-6-5-7-11/h10-11H,5-9H2,1-4H3,(H2,16,17,18,19). The van der Waals surface area contributed by atoms with E-state index in [1.54, 1.807) is 0 Å². The van der Waals surface area contributed by atoms with Gasteiger partial charge in [-0.05, 0) is 12.3 Å². The van der Waals surface area contributed by atoms with Gasteiger partial charge in [-0.1, -0.05) is 40.0 Å². The van der Waals surface area contributed by atoms with Gasteiger partial charge in [0.05, 0.1) is 0 Å². The minimum Gasteiger partial charge on any atom is -0.373 e. The van der Waals surface area contributed by atoms with Gasteiger partial charge in [0.2, 0.25) is 0 Å². The van der Waals surface area contributed by atoms with Gasteiger partial charge in [-0.3, -0.25) is 0 Å². The quantitative estimate of drug-likeness (QED) is 0.853. The first-order valence-electron chi connectivity index (χ1n) is 7.30. The molecule has 1 aromatic rings. The summed E-state index contributed by atoms with van der Waals surface area (Å²) < 4.78 is 0. The van der Waals surface area contributed by atoms with Crippen LogP contribution >= 0.6 is 0 Å². The summed E-state index contributed by atoms with van der Waals surface area (Å²) in [5, 5.41) is 6.55. The maximum Gasteiger partial charge on any atom is 0.138 e. The molecule has 0 bridgehead atoms. The third-order valence-electron chi connectivity index (χ3n) is 3.74. The molecule has 0 aromatic carbocycles. The summed E-state index contributed by atoms with van der Waals surface area (Å²) >= 11 is 0. The van der Waals surface area contributed by atoms with Crippen molar-refractivity contribution in [3.63, 3.8) is 0 Å². The van der Waals surface area contributed by atoms with Gasteiger partial charge < -0.3 is 10.6 Å². The second-order valence-corrected chi connectivity index (χ2v) is 6.47. The molecule has 1 aliphatic rings. The zero-order valence-corrected chi connectivity index (χ0v) is 12.6. The largest absolute Gasteiger partial charge is 0.373 e. The van der Waals surface area contributed by atoms with Crippen LogP contribution in [0.15, 0.2) is 6.07 Å². The van der Waals surface area contributed by atoms with Crippen molar-refractivity contribution in [1.82, 2.24) is 9.97 Å². The van der Waals surface area contributed by atoms with Gasteiger partial charge in [0.1, 0.15) is 17.5 Å². The minimum atomic E-state index is -0.0305. The Morgan fingerprint density at radius 3 is 2.42 bits per heavy atom. The van der Waals surface area contributed by atoms with E-state index in [2.05, 4.69) is 41.4 Å². The summed E-state index contributed by atoms with van der Waals surface area (Å²) in [4.78, 5) is 9.16. The highest BCUT2D eigenvalue weighted by Gasteiger charge is 2.19. The Bertz CT molecular complexity index is 419. The Morgan fingerprint density at radius 1 is 1.21 bits per heavy atom. The number of nitrogens with zero attached hydrogens (tertiary/aromatic N) is 2. The molecule has 0 radical (unpaired) electrons. The van der Waals surface area contributed by atoms with Crippen LogP contribution in [0.2, 0.25) is 0 Å². The number of hydrogen-bond acceptors (Lipinski definition) is 4. The highest BCUT2D eigenvalue weighted by Crippen LogP contribution is 2.29. The molecule has 2 N–H and O–H groups in total. The fourth-order valence-electron chi connectivity index (χ4n) is 2.19. The summed E-state index contributed by atoms with van der Waals surface area (Å²) in [6.07, 6.45) is 5.47. The number of nitrogens with one attached hydrogen (secondary N) is 2. The second kappa shape index (κ2) is 5.76. The van der Waals surface area contributed by atoms with Crippen molar-refractivity contribution in [2.75, 3.05) is 24.2 Å². The molecule has 19 heavy (non-hydrogen) atoms. The molecule has 1 heterocycles. The van der Waals surface area contributed by atoms with E-state index in [1.807, 2.05) is 13.1 Å². The number of hydrogen-bond donors (Lipinski definition) is 2. The molecule has 0 atom stereocenters. The molecule has 106 valence electrons. The van der Waals surface area contributed by atoms with Crippen molar-refractivity contribution < 1.29 is 0 Å². The fourth-order valence-corrected chi connectivity index (χ4v) is 2.19. The number of rotatable bonds is 5. The van der Waals surface area contributed by atoms with E-state index in [-0.39, 0.29) is 5.41 Å². The molecular formula is C15H26N4. The Morgan fingerprint density at radius 2 is 1.89 bits per heavy atom. The van der Waals surface area contributed by atoms with Crippen LogP contribution in [-0.4, -0.2) is 23.6 Å². The van der Waals surface area contributed by atoms with Gasteiger partial charge >= 0.3 is 0 Å². The van der Waals surface area contributed by atoms with Crippen LogP contribution in [0.3, 0.4) is 0 Å². The number of anilines is 2. The van der Waals surface area contributed by atoms with Crippen molar-refractivity contribution in [3.8, 4) is 0 Å². The molecular weight excluding hydrogens is 236 g/mol. The van der Waals surface area contributed by atoms with Gasteiger partial charge in [-0.25, -0.2) is 9.97 Å². The highest BCUT2D eigenvalue weighted by molar-refractivity contribution is 5.47. The summed E-state index contributed by atoms with van der Waals surface area (Å²) in [5.41, 5.74) is -0.0305. The van der Waals surface area contributed by atoms with Crippen molar-refractivity contribution in [3.05, 3.63) is 11.9 Å². The first kappa shape index (κ1) is 14.1. The average Bonchev–Trinajstić information content (AvgIpc) is 2.31. The molecule has 0 spiro atoms. The summed E-state index contributed by atoms with van der Waals surface area (Å²) in [5.74, 6) is 3.63. The molecule has 1 saturated carbocycles. The molecule has 0 unspecified atom stereocenters. The second-order valence-electron chi connectivity index (χ2n) is 6.47. The molecule has 0 amide bonds. The van der Waals surface area contributed by atoms with E-state index >= 15 is 0 Å². The molecule has 4 nitrogen and oxygen atoms in total. The summed E-state index contributed by atoms with van der Waals surface area (Å²) in [7, 11) is 1.90. The van der Waals surface area contributed by atoms with Crippen LogP contribution in [0.1, 0.15) is 52.3 Å². The van der Waals surface area contributed by atoms with E-state index in [0.29, 0.717) is 0 Å². The smallest absolute Gasteiger partial charge is 0.138 e. The normalized spacial score (nSPS) is 16.0. The summed E-state index contributed by atoms with van der Waals surface area (Å²) in [6.45, 7) is 7.42. The molecule has 4 heteroatoms. The molecule has 2 rings (SSSR count). The predicted octanol–water partition coefficient (Wildman–Crippen LogP) is 3.42. The van der Waals surface area contributed by atoms with Crippen LogP contribution < -0.4 is 10.6 Å². The van der Waals surface area contributed by atoms with Gasteiger partial charge in [0, 0.05) is 25.1 Å². The van der Waals surface area contributed by atoms with Crippen molar-refractivity contribution >= 4 is 11.6 Å². The lowest BCUT2D eigenvalue weighted by molar-refractivity contribution is 0.303. The minimum absolute atomic E-state index is 0.0305. The Hall–Kier alpha value is -1.32. The fraction of sp³-hybridized carbons (Fsp3) is 0.733. The van der Waals surface area contributed by atoms with Crippen molar-refractivity contribution in [2.45, 2.75) is 51.9 Å². The average molecular weight is 262 g/mol. The predicted molar refractivity (Wildman–Crippen MR) is 80.7 cm³/mol. The first-order valence-corrected chi connectivity index (χ1v) is 7.30.